The van der Waals surface area contributed by atoms with E-state index in [4.69, 9.17) is 9.47 Å². The van der Waals surface area contributed by atoms with E-state index in [9.17, 15) is 9.59 Å². The van der Waals surface area contributed by atoms with E-state index in [0.29, 0.717) is 11.4 Å². The van der Waals surface area contributed by atoms with Crippen molar-refractivity contribution >= 4 is 30.4 Å². The normalized spacial score (nSPS) is 10.7. The van der Waals surface area contributed by atoms with Crippen LogP contribution in [0.3, 0.4) is 0 Å². The molecule has 0 aliphatic carbocycles. The van der Waals surface area contributed by atoms with Crippen molar-refractivity contribution in [2.45, 2.75) is 26.4 Å². The summed E-state index contributed by atoms with van der Waals surface area (Å²) in [4.78, 5) is 22.7. The number of anilines is 1. The fourth-order valence-corrected chi connectivity index (χ4v) is 1.29. The molecule has 0 radical (unpaired) electrons. The molecule has 19 heavy (non-hydrogen) atoms. The first-order valence-corrected chi connectivity index (χ1v) is 6.35. The van der Waals surface area contributed by atoms with E-state index in [-0.39, 0.29) is 5.75 Å². The van der Waals surface area contributed by atoms with Gasteiger partial charge in [0.05, 0.1) is 5.75 Å². The molecule has 1 aromatic carbocycles. The van der Waals surface area contributed by atoms with Gasteiger partial charge in [0, 0.05) is 11.8 Å². The third kappa shape index (κ3) is 6.15. The minimum absolute atomic E-state index is 0.0102. The van der Waals surface area contributed by atoms with E-state index >= 15 is 0 Å². The van der Waals surface area contributed by atoms with E-state index in [0.717, 1.165) is 0 Å². The highest BCUT2D eigenvalue weighted by Crippen LogP contribution is 2.18. The molecule has 1 rings (SSSR count). The highest BCUT2D eigenvalue weighted by molar-refractivity contribution is 7.81. The van der Waals surface area contributed by atoms with Gasteiger partial charge in [0.25, 0.3) is 0 Å². The summed E-state index contributed by atoms with van der Waals surface area (Å²) < 4.78 is 10.1. The van der Waals surface area contributed by atoms with Crippen LogP contribution in [0.15, 0.2) is 24.3 Å². The SMILES string of the molecule is CC(C)(C)OC(=O)Nc1cccc(OC(=O)CS)c1. The van der Waals surface area contributed by atoms with E-state index in [1.807, 2.05) is 0 Å². The molecular formula is C13H17NO4S. The van der Waals surface area contributed by atoms with Crippen molar-refractivity contribution in [1.29, 1.82) is 0 Å². The third-order valence-electron chi connectivity index (χ3n) is 1.84. The Morgan fingerprint density at radius 2 is 2.00 bits per heavy atom. The fourth-order valence-electron chi connectivity index (χ4n) is 1.22. The van der Waals surface area contributed by atoms with Crippen LogP contribution in [0.25, 0.3) is 0 Å². The second-order valence-electron chi connectivity index (χ2n) is 4.79. The molecule has 0 bridgehead atoms. The Labute approximate surface area is 117 Å². The molecule has 104 valence electrons. The molecule has 0 saturated carbocycles. The number of benzene rings is 1. The van der Waals surface area contributed by atoms with Crippen LogP contribution in [0.2, 0.25) is 0 Å². The van der Waals surface area contributed by atoms with E-state index in [1.165, 1.54) is 6.07 Å². The molecule has 0 spiro atoms. The van der Waals surface area contributed by atoms with Crippen LogP contribution in [-0.2, 0) is 9.53 Å². The number of ether oxygens (including phenoxy) is 2. The number of carbonyl (C=O) groups is 2. The van der Waals surface area contributed by atoms with E-state index < -0.39 is 17.7 Å². The molecular weight excluding hydrogens is 266 g/mol. The average Bonchev–Trinajstić information content (AvgIpc) is 2.26. The van der Waals surface area contributed by atoms with Crippen LogP contribution in [0.4, 0.5) is 10.5 Å². The summed E-state index contributed by atoms with van der Waals surface area (Å²) >= 11 is 3.81. The van der Waals surface area contributed by atoms with Gasteiger partial charge in [-0.1, -0.05) is 6.07 Å². The lowest BCUT2D eigenvalue weighted by molar-refractivity contribution is -0.131. The number of carbonyl (C=O) groups excluding carboxylic acids is 2. The Hall–Kier alpha value is -1.69. The van der Waals surface area contributed by atoms with Gasteiger partial charge in [0.15, 0.2) is 0 Å². The lowest BCUT2D eigenvalue weighted by Gasteiger charge is -2.19. The monoisotopic (exact) mass is 283 g/mol. The summed E-state index contributed by atoms with van der Waals surface area (Å²) in [6.07, 6.45) is -0.565. The number of nitrogens with one attached hydrogen (secondary N) is 1. The molecule has 0 aliphatic rings. The van der Waals surface area contributed by atoms with Gasteiger partial charge in [-0.15, -0.1) is 0 Å². The lowest BCUT2D eigenvalue weighted by Crippen LogP contribution is -2.27. The van der Waals surface area contributed by atoms with Gasteiger partial charge in [0.1, 0.15) is 11.4 Å². The minimum atomic E-state index is -0.569. The summed E-state index contributed by atoms with van der Waals surface area (Å²) in [5, 5.41) is 2.56. The van der Waals surface area contributed by atoms with Crippen LogP contribution in [-0.4, -0.2) is 23.4 Å². The van der Waals surface area contributed by atoms with Gasteiger partial charge in [-0.3, -0.25) is 10.1 Å². The highest BCUT2D eigenvalue weighted by atomic mass is 32.1. The molecule has 0 fully saturated rings. The van der Waals surface area contributed by atoms with Gasteiger partial charge >= 0.3 is 12.1 Å². The second-order valence-corrected chi connectivity index (χ2v) is 5.10. The van der Waals surface area contributed by atoms with Gasteiger partial charge in [-0.25, -0.2) is 4.79 Å². The van der Waals surface area contributed by atoms with Gasteiger partial charge in [-0.05, 0) is 32.9 Å². The first kappa shape index (κ1) is 15.4. The fraction of sp³-hybridized carbons (Fsp3) is 0.385. The smallest absolute Gasteiger partial charge is 0.412 e. The predicted molar refractivity (Wildman–Crippen MR) is 75.8 cm³/mol. The number of thiol groups is 1. The van der Waals surface area contributed by atoms with Gasteiger partial charge < -0.3 is 9.47 Å². The number of hydrogen-bond acceptors (Lipinski definition) is 5. The first-order valence-electron chi connectivity index (χ1n) is 5.72. The Morgan fingerprint density at radius 1 is 1.32 bits per heavy atom. The first-order chi connectivity index (χ1) is 8.80. The molecule has 1 N–H and O–H groups in total. The summed E-state index contributed by atoms with van der Waals surface area (Å²) in [6.45, 7) is 5.33. The highest BCUT2D eigenvalue weighted by Gasteiger charge is 2.16. The van der Waals surface area contributed by atoms with Gasteiger partial charge in [0.2, 0.25) is 0 Å². The summed E-state index contributed by atoms with van der Waals surface area (Å²) in [7, 11) is 0. The molecule has 0 heterocycles. The number of esters is 1. The lowest BCUT2D eigenvalue weighted by atomic mass is 10.2. The zero-order valence-corrected chi connectivity index (χ0v) is 12.0. The van der Waals surface area contributed by atoms with Crippen LogP contribution in [0.1, 0.15) is 20.8 Å². The minimum Gasteiger partial charge on any atom is -0.444 e. The Balaban J connectivity index is 2.67. The summed E-state index contributed by atoms with van der Waals surface area (Å²) in [5.41, 5.74) is -0.0843. The van der Waals surface area contributed by atoms with Crippen molar-refractivity contribution in [1.82, 2.24) is 0 Å². The Bertz CT molecular complexity index is 468. The maximum Gasteiger partial charge on any atom is 0.412 e. The Morgan fingerprint density at radius 3 is 2.58 bits per heavy atom. The van der Waals surface area contributed by atoms with Crippen molar-refractivity contribution < 1.29 is 19.1 Å². The van der Waals surface area contributed by atoms with Crippen LogP contribution in [0.5, 0.6) is 5.75 Å². The molecule has 1 aromatic rings. The van der Waals surface area contributed by atoms with Crippen molar-refractivity contribution in [3.05, 3.63) is 24.3 Å². The van der Waals surface area contributed by atoms with E-state index in [1.54, 1.807) is 39.0 Å². The molecule has 1 amide bonds. The van der Waals surface area contributed by atoms with Crippen molar-refractivity contribution in [2.75, 3.05) is 11.1 Å². The number of hydrogen-bond donors (Lipinski definition) is 2. The summed E-state index contributed by atoms with van der Waals surface area (Å²) in [6, 6.07) is 6.47. The standard InChI is InChI=1S/C13H17NO4S/c1-13(2,3)18-12(16)14-9-5-4-6-10(7-9)17-11(15)8-19/h4-7,19H,8H2,1-3H3,(H,14,16). The summed E-state index contributed by atoms with van der Waals surface area (Å²) in [5.74, 6) is -0.130. The van der Waals surface area contributed by atoms with Crippen LogP contribution < -0.4 is 10.1 Å². The molecule has 0 atom stereocenters. The number of amides is 1. The van der Waals surface area contributed by atoms with Crippen molar-refractivity contribution in [3.8, 4) is 5.75 Å². The topological polar surface area (TPSA) is 64.6 Å². The van der Waals surface area contributed by atoms with Crippen molar-refractivity contribution in [2.24, 2.45) is 0 Å². The average molecular weight is 283 g/mol. The molecule has 0 unspecified atom stereocenters. The molecule has 6 heteroatoms. The zero-order chi connectivity index (χ0) is 14.5. The Kier molecular flexibility index (Phi) is 5.23. The number of rotatable bonds is 3. The maximum atomic E-state index is 11.6. The quantitative estimate of drug-likeness (QED) is 0.508. The van der Waals surface area contributed by atoms with Crippen LogP contribution >= 0.6 is 12.6 Å². The maximum absolute atomic E-state index is 11.6. The molecule has 0 aromatic heterocycles. The van der Waals surface area contributed by atoms with Crippen LogP contribution in [0, 0.1) is 0 Å². The second kappa shape index (κ2) is 6.47. The zero-order valence-electron chi connectivity index (χ0n) is 11.1. The molecule has 0 aliphatic heterocycles. The van der Waals surface area contributed by atoms with Crippen molar-refractivity contribution in [3.63, 3.8) is 0 Å². The van der Waals surface area contributed by atoms with E-state index in [2.05, 4.69) is 17.9 Å². The van der Waals surface area contributed by atoms with Gasteiger partial charge in [-0.2, -0.15) is 12.6 Å². The third-order valence-corrected chi connectivity index (χ3v) is 2.10. The molecule has 0 saturated heterocycles. The largest absolute Gasteiger partial charge is 0.444 e. The predicted octanol–water partition coefficient (Wildman–Crippen LogP) is 2.87. The molecule has 5 nitrogen and oxygen atoms in total.